The molecule has 0 bridgehead atoms. The van der Waals surface area contributed by atoms with Gasteiger partial charge in [-0.25, -0.2) is 9.37 Å². The minimum absolute atomic E-state index is 0.278. The first-order valence-corrected chi connectivity index (χ1v) is 8.84. The minimum Gasteiger partial charge on any atom is -0.444 e. The molecule has 2 N–H and O–H groups in total. The molecule has 0 saturated heterocycles. The second-order valence-corrected chi connectivity index (χ2v) is 6.24. The van der Waals surface area contributed by atoms with Crippen molar-refractivity contribution in [2.75, 3.05) is 13.6 Å². The van der Waals surface area contributed by atoms with Gasteiger partial charge in [-0.05, 0) is 36.8 Å². The number of hydrogen-bond donors (Lipinski definition) is 2. The Morgan fingerprint density at radius 2 is 1.96 bits per heavy atom. The van der Waals surface area contributed by atoms with Crippen LogP contribution in [0.2, 0.25) is 0 Å². The van der Waals surface area contributed by atoms with Crippen LogP contribution in [0.25, 0.3) is 11.5 Å². The van der Waals surface area contributed by atoms with Crippen molar-refractivity contribution in [3.63, 3.8) is 0 Å². The molecule has 27 heavy (non-hydrogen) atoms. The zero-order valence-electron chi connectivity index (χ0n) is 15.5. The van der Waals surface area contributed by atoms with Crippen LogP contribution in [-0.4, -0.2) is 24.5 Å². The molecule has 5 nitrogen and oxygen atoms in total. The zero-order valence-corrected chi connectivity index (χ0v) is 15.5. The Balaban J connectivity index is 1.47. The van der Waals surface area contributed by atoms with Gasteiger partial charge < -0.3 is 15.1 Å². The van der Waals surface area contributed by atoms with Gasteiger partial charge in [-0.15, -0.1) is 0 Å². The minimum atomic E-state index is -0.278. The van der Waals surface area contributed by atoms with Crippen LogP contribution in [-0.2, 0) is 13.0 Å². The fraction of sp³-hybridized carbons (Fsp3) is 0.238. The number of nitrogens with one attached hydrogen (secondary N) is 2. The van der Waals surface area contributed by atoms with Crippen molar-refractivity contribution in [1.82, 2.24) is 15.6 Å². The summed E-state index contributed by atoms with van der Waals surface area (Å²) in [5.74, 6) is 0.949. The molecule has 3 rings (SSSR count). The second kappa shape index (κ2) is 8.98. The molecule has 0 aliphatic carbocycles. The molecule has 0 atom stereocenters. The number of hydrogen-bond acceptors (Lipinski definition) is 3. The molecule has 0 saturated carbocycles. The maximum Gasteiger partial charge on any atom is 0.226 e. The molecule has 1 aromatic heterocycles. The summed E-state index contributed by atoms with van der Waals surface area (Å²) in [6, 6.07) is 14.4. The average molecular weight is 366 g/mol. The third-order valence-electron chi connectivity index (χ3n) is 4.08. The van der Waals surface area contributed by atoms with Gasteiger partial charge in [0.25, 0.3) is 0 Å². The fourth-order valence-corrected chi connectivity index (χ4v) is 2.68. The molecule has 0 unspecified atom stereocenters. The highest BCUT2D eigenvalue weighted by atomic mass is 19.1. The lowest BCUT2D eigenvalue weighted by molar-refractivity contribution is 0.571. The third kappa shape index (κ3) is 5.41. The smallest absolute Gasteiger partial charge is 0.226 e. The molecule has 0 amide bonds. The van der Waals surface area contributed by atoms with Gasteiger partial charge in [-0.1, -0.05) is 29.8 Å². The molecule has 3 aromatic rings. The summed E-state index contributed by atoms with van der Waals surface area (Å²) in [7, 11) is 1.74. The highest BCUT2D eigenvalue weighted by Gasteiger charge is 2.07. The Kier molecular flexibility index (Phi) is 6.20. The van der Waals surface area contributed by atoms with Crippen LogP contribution in [0.5, 0.6) is 0 Å². The summed E-state index contributed by atoms with van der Waals surface area (Å²) >= 11 is 0. The summed E-state index contributed by atoms with van der Waals surface area (Å²) in [5, 5.41) is 6.56. The van der Waals surface area contributed by atoms with E-state index in [2.05, 4.69) is 45.7 Å². The van der Waals surface area contributed by atoms with E-state index < -0.39 is 0 Å². The maximum atomic E-state index is 13.0. The van der Waals surface area contributed by atoms with Crippen LogP contribution < -0.4 is 10.6 Å². The van der Waals surface area contributed by atoms with E-state index in [9.17, 15) is 4.39 Å². The number of aryl methyl sites for hydroxylation is 1. The maximum absolute atomic E-state index is 13.0. The lowest BCUT2D eigenvalue weighted by Crippen LogP contribution is -2.37. The predicted molar refractivity (Wildman–Crippen MR) is 105 cm³/mol. The van der Waals surface area contributed by atoms with E-state index in [1.165, 1.54) is 23.3 Å². The van der Waals surface area contributed by atoms with E-state index in [1.807, 2.05) is 6.07 Å². The van der Waals surface area contributed by atoms with E-state index in [1.54, 1.807) is 25.4 Å². The van der Waals surface area contributed by atoms with Gasteiger partial charge in [-0.3, -0.25) is 4.99 Å². The Morgan fingerprint density at radius 3 is 2.70 bits per heavy atom. The van der Waals surface area contributed by atoms with E-state index >= 15 is 0 Å². The van der Waals surface area contributed by atoms with Gasteiger partial charge >= 0.3 is 0 Å². The summed E-state index contributed by atoms with van der Waals surface area (Å²) in [5.41, 5.74) is 4.03. The van der Waals surface area contributed by atoms with Crippen LogP contribution in [0.3, 0.4) is 0 Å². The lowest BCUT2D eigenvalue weighted by Gasteiger charge is -2.11. The Morgan fingerprint density at radius 1 is 1.15 bits per heavy atom. The quantitative estimate of drug-likeness (QED) is 0.516. The topological polar surface area (TPSA) is 62.5 Å². The van der Waals surface area contributed by atoms with E-state index in [0.717, 1.165) is 17.2 Å². The molecule has 1 heterocycles. The molecule has 2 aromatic carbocycles. The Hall–Kier alpha value is -3.15. The van der Waals surface area contributed by atoms with Crippen LogP contribution >= 0.6 is 0 Å². The number of guanidine groups is 1. The van der Waals surface area contributed by atoms with E-state index in [-0.39, 0.29) is 5.82 Å². The largest absolute Gasteiger partial charge is 0.444 e. The average Bonchev–Trinajstić information content (AvgIpc) is 3.14. The van der Waals surface area contributed by atoms with Crippen molar-refractivity contribution >= 4 is 5.96 Å². The first-order chi connectivity index (χ1) is 13.1. The molecule has 0 aliphatic heterocycles. The summed E-state index contributed by atoms with van der Waals surface area (Å²) in [6.45, 7) is 3.46. The van der Waals surface area contributed by atoms with Gasteiger partial charge in [0, 0.05) is 32.1 Å². The van der Waals surface area contributed by atoms with E-state index in [4.69, 9.17) is 4.42 Å². The van der Waals surface area contributed by atoms with Crippen molar-refractivity contribution in [2.24, 2.45) is 4.99 Å². The molecule has 0 aliphatic rings. The number of aliphatic imine (C=N–C) groups is 1. The highest BCUT2D eigenvalue weighted by Crippen LogP contribution is 2.18. The SMILES string of the molecule is CN=C(NCCc1coc(-c2ccc(F)cc2)n1)NCc1cccc(C)c1. The zero-order chi connectivity index (χ0) is 19.1. The van der Waals surface area contributed by atoms with E-state index in [0.29, 0.717) is 25.4 Å². The molecule has 0 spiro atoms. The highest BCUT2D eigenvalue weighted by molar-refractivity contribution is 5.79. The summed E-state index contributed by atoms with van der Waals surface area (Å²) in [6.07, 6.45) is 2.32. The Labute approximate surface area is 158 Å². The fourth-order valence-electron chi connectivity index (χ4n) is 2.68. The molecular weight excluding hydrogens is 343 g/mol. The summed E-state index contributed by atoms with van der Waals surface area (Å²) in [4.78, 5) is 8.68. The molecular formula is C21H23FN4O. The standard InChI is InChI=1S/C21H23FN4O/c1-15-4-3-5-16(12-15)13-25-21(23-2)24-11-10-19-14-27-20(26-19)17-6-8-18(22)9-7-17/h3-9,12,14H,10-11,13H2,1-2H3,(H2,23,24,25). The second-order valence-electron chi connectivity index (χ2n) is 6.24. The number of aromatic nitrogens is 1. The van der Waals surface area contributed by atoms with Crippen molar-refractivity contribution in [3.05, 3.63) is 77.4 Å². The van der Waals surface area contributed by atoms with Crippen LogP contribution in [0.4, 0.5) is 4.39 Å². The van der Waals surface area contributed by atoms with Gasteiger partial charge in [0.2, 0.25) is 5.89 Å². The molecule has 0 fully saturated rings. The van der Waals surface area contributed by atoms with Gasteiger partial charge in [0.05, 0.1) is 5.69 Å². The van der Waals surface area contributed by atoms with Crippen molar-refractivity contribution in [3.8, 4) is 11.5 Å². The number of benzene rings is 2. The first kappa shape index (κ1) is 18.6. The Bertz CT molecular complexity index is 903. The van der Waals surface area contributed by atoms with Crippen molar-refractivity contribution in [1.29, 1.82) is 0 Å². The molecule has 0 radical (unpaired) electrons. The number of oxazole rings is 1. The van der Waals surface area contributed by atoms with Gasteiger partial charge in [0.1, 0.15) is 12.1 Å². The number of rotatable bonds is 6. The van der Waals surface area contributed by atoms with Crippen molar-refractivity contribution < 1.29 is 8.81 Å². The van der Waals surface area contributed by atoms with Crippen molar-refractivity contribution in [2.45, 2.75) is 19.9 Å². The first-order valence-electron chi connectivity index (χ1n) is 8.84. The summed E-state index contributed by atoms with van der Waals surface area (Å²) < 4.78 is 18.5. The predicted octanol–water partition coefficient (Wildman–Crippen LogP) is 3.70. The number of halogens is 1. The van der Waals surface area contributed by atoms with Gasteiger partial charge in [-0.2, -0.15) is 0 Å². The molecule has 6 heteroatoms. The number of nitrogens with zero attached hydrogens (tertiary/aromatic N) is 2. The van der Waals surface area contributed by atoms with Crippen LogP contribution in [0.1, 0.15) is 16.8 Å². The normalized spacial score (nSPS) is 11.4. The lowest BCUT2D eigenvalue weighted by atomic mass is 10.1. The monoisotopic (exact) mass is 366 g/mol. The third-order valence-corrected chi connectivity index (χ3v) is 4.08. The van der Waals surface area contributed by atoms with Crippen LogP contribution in [0, 0.1) is 12.7 Å². The molecule has 140 valence electrons. The van der Waals surface area contributed by atoms with Crippen LogP contribution in [0.15, 0.2) is 64.2 Å². The van der Waals surface area contributed by atoms with Gasteiger partial charge in [0.15, 0.2) is 5.96 Å².